The summed E-state index contributed by atoms with van der Waals surface area (Å²) in [4.78, 5) is 2.40. The van der Waals surface area contributed by atoms with E-state index in [1.165, 1.54) is 27.8 Å². The maximum absolute atomic E-state index is 11.9. The zero-order valence-electron chi connectivity index (χ0n) is 27.0. The summed E-state index contributed by atoms with van der Waals surface area (Å²) < 4.78 is 0. The van der Waals surface area contributed by atoms with Crippen molar-refractivity contribution in [1.29, 1.82) is 0 Å². The fourth-order valence-corrected chi connectivity index (χ4v) is 7.37. The van der Waals surface area contributed by atoms with Crippen LogP contribution in [0.25, 0.3) is 0 Å². The quantitative estimate of drug-likeness (QED) is 0.189. The van der Waals surface area contributed by atoms with Crippen LogP contribution in [0.1, 0.15) is 96.9 Å². The van der Waals surface area contributed by atoms with Gasteiger partial charge in [-0.1, -0.05) is 150 Å². The first-order chi connectivity index (χ1) is 19.8. The highest BCUT2D eigenvalue weighted by Crippen LogP contribution is 2.52. The van der Waals surface area contributed by atoms with E-state index in [-0.39, 0.29) is 16.0 Å². The molecule has 2 atom stereocenters. The van der Waals surface area contributed by atoms with Crippen molar-refractivity contribution in [3.05, 3.63) is 119 Å². The van der Waals surface area contributed by atoms with Crippen LogP contribution >= 0.6 is 8.58 Å². The highest BCUT2D eigenvalue weighted by atomic mass is 31.1. The van der Waals surface area contributed by atoms with Crippen LogP contribution in [-0.4, -0.2) is 5.11 Å². The van der Waals surface area contributed by atoms with E-state index >= 15 is 0 Å². The topological polar surface area (TPSA) is 23.5 Å². The minimum Gasteiger partial charge on any atom is -0.507 e. The molecule has 2 unspecified atom stereocenters. The second-order valence-electron chi connectivity index (χ2n) is 13.9. The van der Waals surface area contributed by atoms with Crippen LogP contribution in [0, 0.1) is 0 Å². The lowest BCUT2D eigenvalue weighted by Crippen LogP contribution is -2.26. The summed E-state index contributed by atoms with van der Waals surface area (Å²) in [6, 6.07) is 34.8. The van der Waals surface area contributed by atoms with Gasteiger partial charge in [-0.05, 0) is 63.5 Å². The number of para-hydroxylation sites is 2. The van der Waals surface area contributed by atoms with Gasteiger partial charge in [-0.2, -0.15) is 0 Å². The number of unbranched alkanes of at least 4 members (excludes halogenated alkanes) is 1. The first kappa shape index (κ1) is 31.8. The molecule has 0 aliphatic rings. The van der Waals surface area contributed by atoms with E-state index in [2.05, 4.69) is 157 Å². The van der Waals surface area contributed by atoms with E-state index in [1.807, 2.05) is 0 Å². The number of hydrogen-bond acceptors (Lipinski definition) is 2. The number of benzene rings is 4. The third kappa shape index (κ3) is 7.45. The van der Waals surface area contributed by atoms with E-state index in [1.54, 1.807) is 0 Å². The van der Waals surface area contributed by atoms with Gasteiger partial charge in [0.15, 0.2) is 0 Å². The van der Waals surface area contributed by atoms with Crippen LogP contribution in [-0.2, 0) is 22.5 Å². The Kier molecular flexibility index (Phi) is 9.89. The molecule has 0 spiro atoms. The van der Waals surface area contributed by atoms with Gasteiger partial charge in [0.2, 0.25) is 0 Å². The van der Waals surface area contributed by atoms with Crippen molar-refractivity contribution in [2.75, 3.05) is 4.90 Å². The zero-order chi connectivity index (χ0) is 30.5. The maximum atomic E-state index is 11.9. The fraction of sp³-hybridized carbons (Fsp3) is 0.385. The lowest BCUT2D eigenvalue weighted by atomic mass is 9.77. The molecule has 42 heavy (non-hydrogen) atoms. The first-order valence-electron chi connectivity index (χ1n) is 15.5. The largest absolute Gasteiger partial charge is 0.507 e. The molecule has 4 rings (SSSR count). The molecule has 0 heterocycles. The summed E-state index contributed by atoms with van der Waals surface area (Å²) in [6.45, 7) is 18.9. The van der Waals surface area contributed by atoms with Gasteiger partial charge in [0.25, 0.3) is 0 Å². The second kappa shape index (κ2) is 13.0. The van der Waals surface area contributed by atoms with Crippen molar-refractivity contribution in [3.8, 4) is 5.75 Å². The monoisotopic (exact) mass is 579 g/mol. The van der Waals surface area contributed by atoms with Gasteiger partial charge in [-0.3, -0.25) is 0 Å². The minimum atomic E-state index is -0.193. The van der Waals surface area contributed by atoms with Crippen LogP contribution < -0.4 is 10.2 Å². The second-order valence-corrected chi connectivity index (χ2v) is 15.8. The zero-order valence-corrected chi connectivity index (χ0v) is 28.0. The molecule has 0 amide bonds. The van der Waals surface area contributed by atoms with Gasteiger partial charge < -0.3 is 10.0 Å². The van der Waals surface area contributed by atoms with Gasteiger partial charge in [-0.15, -0.1) is 0 Å². The van der Waals surface area contributed by atoms with Gasteiger partial charge in [-0.25, -0.2) is 0 Å². The predicted molar refractivity (Wildman–Crippen MR) is 186 cm³/mol. The van der Waals surface area contributed by atoms with Gasteiger partial charge in [0.1, 0.15) is 5.75 Å². The van der Waals surface area contributed by atoms with E-state index in [9.17, 15) is 5.11 Å². The lowest BCUT2D eigenvalue weighted by molar-refractivity contribution is 0.425. The molecule has 4 aromatic carbocycles. The summed E-state index contributed by atoms with van der Waals surface area (Å²) >= 11 is 0. The van der Waals surface area contributed by atoms with E-state index in [0.717, 1.165) is 36.9 Å². The molecule has 0 saturated heterocycles. The Morgan fingerprint density at radius 1 is 0.667 bits per heavy atom. The summed E-state index contributed by atoms with van der Waals surface area (Å²) in [5.74, 6) is 0.481. The SMILES string of the molecule is CCCCC(C)(Pc1ccccc1CN(c1ccccc1)c1ccccc1)c1cc(C(C)(C)C)cc(C(C)(C)C)c1O. The number of phenolic OH excluding ortho intramolecular Hbond substituents is 1. The summed E-state index contributed by atoms with van der Waals surface area (Å²) in [7, 11) is 0.519. The van der Waals surface area contributed by atoms with Crippen LogP contribution in [0.4, 0.5) is 11.4 Å². The number of anilines is 2. The van der Waals surface area contributed by atoms with Gasteiger partial charge in [0, 0.05) is 28.6 Å². The predicted octanol–water partition coefficient (Wildman–Crippen LogP) is 10.7. The molecule has 0 fully saturated rings. The van der Waals surface area contributed by atoms with Gasteiger partial charge in [0.05, 0.1) is 0 Å². The molecule has 4 aromatic rings. The summed E-state index contributed by atoms with van der Waals surface area (Å²) in [6.07, 6.45) is 3.28. The van der Waals surface area contributed by atoms with E-state index in [4.69, 9.17) is 0 Å². The van der Waals surface area contributed by atoms with Crippen molar-refractivity contribution in [2.45, 2.75) is 97.2 Å². The van der Waals surface area contributed by atoms with E-state index < -0.39 is 0 Å². The molecule has 0 aromatic heterocycles. The van der Waals surface area contributed by atoms with Gasteiger partial charge >= 0.3 is 0 Å². The van der Waals surface area contributed by atoms with Crippen LogP contribution in [0.15, 0.2) is 97.1 Å². The molecule has 222 valence electrons. The number of phenols is 1. The molecule has 0 aliphatic carbocycles. The van der Waals surface area contributed by atoms with Crippen LogP contribution in [0.5, 0.6) is 5.75 Å². The minimum absolute atomic E-state index is 0.0129. The third-order valence-corrected chi connectivity index (χ3v) is 10.1. The molecule has 0 radical (unpaired) electrons. The van der Waals surface area contributed by atoms with Crippen LogP contribution in [0.2, 0.25) is 0 Å². The number of rotatable bonds is 10. The Balaban J connectivity index is 1.83. The van der Waals surface area contributed by atoms with Crippen molar-refractivity contribution in [3.63, 3.8) is 0 Å². The molecule has 1 N–H and O–H groups in total. The van der Waals surface area contributed by atoms with Crippen LogP contribution in [0.3, 0.4) is 0 Å². The Labute approximate surface area is 257 Å². The molecule has 3 heteroatoms. The molecule has 2 nitrogen and oxygen atoms in total. The van der Waals surface area contributed by atoms with Crippen molar-refractivity contribution >= 4 is 25.3 Å². The third-order valence-electron chi connectivity index (χ3n) is 8.30. The maximum Gasteiger partial charge on any atom is 0.123 e. The molecular weight excluding hydrogens is 529 g/mol. The normalized spacial score (nSPS) is 13.8. The van der Waals surface area contributed by atoms with Crippen molar-refractivity contribution in [2.24, 2.45) is 0 Å². The lowest BCUT2D eigenvalue weighted by Gasteiger charge is -2.36. The van der Waals surface area contributed by atoms with Crippen molar-refractivity contribution in [1.82, 2.24) is 0 Å². The van der Waals surface area contributed by atoms with E-state index in [0.29, 0.717) is 14.3 Å². The highest BCUT2D eigenvalue weighted by molar-refractivity contribution is 7.48. The molecule has 0 bridgehead atoms. The molecule has 0 saturated carbocycles. The Bertz CT molecular complexity index is 1410. The number of hydrogen-bond donors (Lipinski definition) is 1. The Hall–Kier alpha value is -3.09. The average Bonchev–Trinajstić information content (AvgIpc) is 2.95. The molecule has 0 aliphatic heterocycles. The fourth-order valence-electron chi connectivity index (χ4n) is 5.65. The smallest absolute Gasteiger partial charge is 0.123 e. The average molecular weight is 580 g/mol. The number of aromatic hydroxyl groups is 1. The highest BCUT2D eigenvalue weighted by Gasteiger charge is 2.35. The first-order valence-corrected chi connectivity index (χ1v) is 16.5. The molecular formula is C39H50NOP. The Morgan fingerprint density at radius 3 is 1.71 bits per heavy atom. The van der Waals surface area contributed by atoms with Crippen molar-refractivity contribution < 1.29 is 5.11 Å². The number of nitrogens with zero attached hydrogens (tertiary/aromatic N) is 1. The standard InChI is InChI=1S/C39H50NOP/c1-9-10-25-39(8,34-27-30(37(2,3)4)26-33(36(34)41)38(5,6)7)42-35-24-18-17-19-29(35)28-40(31-20-13-11-14-21-31)32-22-15-12-16-23-32/h11-24,26-27,41-42H,9-10,25,28H2,1-8H3. The summed E-state index contributed by atoms with van der Waals surface area (Å²) in [5.41, 5.74) is 6.96. The Morgan fingerprint density at radius 2 is 1.19 bits per heavy atom. The summed E-state index contributed by atoms with van der Waals surface area (Å²) in [5, 5.41) is 13.1.